The topological polar surface area (TPSA) is 67.9 Å². The Bertz CT molecular complexity index is 1180. The summed E-state index contributed by atoms with van der Waals surface area (Å²) in [5, 5.41) is 2.86. The molecule has 8 heteroatoms. The monoisotopic (exact) mass is 498 g/mol. The van der Waals surface area contributed by atoms with E-state index in [0.29, 0.717) is 22.6 Å². The van der Waals surface area contributed by atoms with E-state index in [4.69, 9.17) is 9.47 Å². The van der Waals surface area contributed by atoms with Crippen molar-refractivity contribution >= 4 is 33.4 Å². The molecule has 0 bridgehead atoms. The first-order chi connectivity index (χ1) is 15.4. The molecule has 1 aliphatic heterocycles. The van der Waals surface area contributed by atoms with E-state index >= 15 is 0 Å². The van der Waals surface area contributed by atoms with Gasteiger partial charge in [-0.25, -0.2) is 4.39 Å². The van der Waals surface area contributed by atoms with Crippen LogP contribution in [-0.2, 0) is 4.79 Å². The third-order valence-electron chi connectivity index (χ3n) is 5.29. The first-order valence-corrected chi connectivity index (χ1v) is 10.6. The van der Waals surface area contributed by atoms with E-state index in [0.717, 1.165) is 4.47 Å². The number of methoxy groups -OCH3 is 2. The predicted octanol–water partition coefficient (Wildman–Crippen LogP) is 4.79. The van der Waals surface area contributed by atoms with Gasteiger partial charge < -0.3 is 19.7 Å². The lowest BCUT2D eigenvalue weighted by Crippen LogP contribution is -2.39. The minimum absolute atomic E-state index is 0.201. The van der Waals surface area contributed by atoms with Crippen molar-refractivity contribution in [1.82, 2.24) is 4.90 Å². The molecule has 0 saturated carbocycles. The number of hydrogen-bond acceptors (Lipinski definition) is 4. The summed E-state index contributed by atoms with van der Waals surface area (Å²) < 4.78 is 25.2. The minimum atomic E-state index is -0.648. The van der Waals surface area contributed by atoms with E-state index in [9.17, 15) is 14.0 Å². The van der Waals surface area contributed by atoms with Gasteiger partial charge >= 0.3 is 0 Å². The smallest absolute Gasteiger partial charge is 0.259 e. The third kappa shape index (κ3) is 4.05. The van der Waals surface area contributed by atoms with Gasteiger partial charge in [0.15, 0.2) is 11.5 Å². The Morgan fingerprint density at radius 2 is 1.84 bits per heavy atom. The zero-order chi connectivity index (χ0) is 22.8. The van der Waals surface area contributed by atoms with Crippen LogP contribution in [0.2, 0.25) is 0 Å². The molecule has 6 nitrogen and oxygen atoms in total. The maximum Gasteiger partial charge on any atom is 0.259 e. The van der Waals surface area contributed by atoms with Crippen molar-refractivity contribution in [1.29, 1.82) is 0 Å². The number of carbonyl (C=O) groups is 2. The molecule has 2 amide bonds. The fourth-order valence-corrected chi connectivity index (χ4v) is 4.26. The Labute approximate surface area is 193 Å². The Hall–Kier alpha value is -3.39. The molecule has 0 aliphatic carbocycles. The number of carbonyl (C=O) groups excluding carboxylic acids is 2. The van der Waals surface area contributed by atoms with Crippen LogP contribution in [0, 0.1) is 5.82 Å². The van der Waals surface area contributed by atoms with Crippen LogP contribution in [0.5, 0.6) is 11.5 Å². The van der Waals surface area contributed by atoms with Crippen LogP contribution in [0.4, 0.5) is 10.1 Å². The molecule has 0 unspecified atom stereocenters. The van der Waals surface area contributed by atoms with Gasteiger partial charge in [0.1, 0.15) is 12.4 Å². The van der Waals surface area contributed by atoms with E-state index < -0.39 is 17.8 Å². The van der Waals surface area contributed by atoms with Gasteiger partial charge in [-0.1, -0.05) is 34.1 Å². The van der Waals surface area contributed by atoms with Crippen molar-refractivity contribution in [2.75, 3.05) is 26.1 Å². The second kappa shape index (κ2) is 9.00. The highest BCUT2D eigenvalue weighted by atomic mass is 79.9. The lowest BCUT2D eigenvalue weighted by molar-refractivity contribution is -0.117. The summed E-state index contributed by atoms with van der Waals surface area (Å²) >= 11 is 3.47. The SMILES string of the molecule is COc1cccc(C(=O)N2CC(=O)Nc3ccc(Br)cc3[C@H]2c2ccc(F)cc2)c1OC. The molecule has 0 radical (unpaired) electrons. The zero-order valence-corrected chi connectivity index (χ0v) is 19.0. The van der Waals surface area contributed by atoms with Crippen molar-refractivity contribution in [3.63, 3.8) is 0 Å². The van der Waals surface area contributed by atoms with Crippen LogP contribution < -0.4 is 14.8 Å². The summed E-state index contributed by atoms with van der Waals surface area (Å²) in [5.41, 5.74) is 2.20. The number of ether oxygens (including phenoxy) is 2. The average molecular weight is 499 g/mol. The minimum Gasteiger partial charge on any atom is -0.493 e. The van der Waals surface area contributed by atoms with E-state index in [2.05, 4.69) is 21.2 Å². The molecule has 0 aromatic heterocycles. The number of nitrogens with one attached hydrogen (secondary N) is 1. The fourth-order valence-electron chi connectivity index (χ4n) is 3.88. The van der Waals surface area contributed by atoms with Crippen molar-refractivity contribution < 1.29 is 23.5 Å². The second-order valence-corrected chi connectivity index (χ2v) is 8.12. The first-order valence-electron chi connectivity index (χ1n) is 9.79. The zero-order valence-electron chi connectivity index (χ0n) is 17.4. The molecule has 0 spiro atoms. The van der Waals surface area contributed by atoms with Crippen LogP contribution in [0.1, 0.15) is 27.5 Å². The van der Waals surface area contributed by atoms with Gasteiger partial charge in [-0.15, -0.1) is 0 Å². The summed E-state index contributed by atoms with van der Waals surface area (Å²) in [5.74, 6) is -0.471. The van der Waals surface area contributed by atoms with E-state index in [1.54, 1.807) is 36.4 Å². The first kappa shape index (κ1) is 21.8. The highest BCUT2D eigenvalue weighted by Crippen LogP contribution is 2.40. The van der Waals surface area contributed by atoms with Gasteiger partial charge in [0.25, 0.3) is 5.91 Å². The molecule has 4 rings (SSSR count). The summed E-state index contributed by atoms with van der Waals surface area (Å²) in [4.78, 5) is 28.0. The van der Waals surface area contributed by atoms with Gasteiger partial charge in [-0.2, -0.15) is 0 Å². The van der Waals surface area contributed by atoms with Crippen LogP contribution >= 0.6 is 15.9 Å². The highest BCUT2D eigenvalue weighted by Gasteiger charge is 2.35. The van der Waals surface area contributed by atoms with Crippen molar-refractivity contribution in [3.8, 4) is 11.5 Å². The standard InChI is InChI=1S/C24H20BrFN2O4/c1-31-20-5-3-4-17(23(20)32-2)24(30)28-13-21(29)27-19-11-8-15(25)12-18(19)22(28)14-6-9-16(26)10-7-14/h3-12,22H,13H2,1-2H3,(H,27,29)/t22-/m1/s1. The van der Waals surface area contributed by atoms with Gasteiger partial charge in [0, 0.05) is 15.7 Å². The van der Waals surface area contributed by atoms with Gasteiger partial charge in [-0.05, 0) is 48.0 Å². The van der Waals surface area contributed by atoms with Crippen molar-refractivity contribution in [2.45, 2.75) is 6.04 Å². The molecule has 1 N–H and O–H groups in total. The number of amides is 2. The molecule has 3 aromatic carbocycles. The van der Waals surface area contributed by atoms with Crippen LogP contribution in [0.3, 0.4) is 0 Å². The van der Waals surface area contributed by atoms with Gasteiger partial charge in [0.05, 0.1) is 25.8 Å². The summed E-state index contributed by atoms with van der Waals surface area (Å²) in [6, 6.07) is 15.7. The van der Waals surface area contributed by atoms with Gasteiger partial charge in [0.2, 0.25) is 5.91 Å². The normalized spacial score (nSPS) is 15.4. The summed E-state index contributed by atoms with van der Waals surface area (Å²) in [7, 11) is 2.94. The Morgan fingerprint density at radius 1 is 1.09 bits per heavy atom. The summed E-state index contributed by atoms with van der Waals surface area (Å²) in [6.45, 7) is -0.201. The molecule has 1 aliphatic rings. The number of para-hydroxylation sites is 1. The number of fused-ring (bicyclic) bond motifs is 1. The fraction of sp³-hybridized carbons (Fsp3) is 0.167. The molecular formula is C24H20BrFN2O4. The molecule has 0 fully saturated rings. The Morgan fingerprint density at radius 3 is 2.53 bits per heavy atom. The maximum atomic E-state index is 13.8. The highest BCUT2D eigenvalue weighted by molar-refractivity contribution is 9.10. The number of benzene rings is 3. The molecule has 1 heterocycles. The van der Waals surface area contributed by atoms with Crippen LogP contribution in [0.15, 0.2) is 65.1 Å². The Kier molecular flexibility index (Phi) is 6.14. The Balaban J connectivity index is 1.91. The third-order valence-corrected chi connectivity index (χ3v) is 5.78. The number of anilines is 1. The number of halogens is 2. The van der Waals surface area contributed by atoms with E-state index in [1.807, 2.05) is 12.1 Å². The van der Waals surface area contributed by atoms with E-state index in [1.165, 1.54) is 31.3 Å². The van der Waals surface area contributed by atoms with E-state index in [-0.39, 0.29) is 23.8 Å². The second-order valence-electron chi connectivity index (χ2n) is 7.21. The predicted molar refractivity (Wildman–Crippen MR) is 122 cm³/mol. The number of rotatable bonds is 4. The van der Waals surface area contributed by atoms with Crippen LogP contribution in [-0.4, -0.2) is 37.5 Å². The molecular weight excluding hydrogens is 479 g/mol. The van der Waals surface area contributed by atoms with Crippen molar-refractivity contribution in [2.24, 2.45) is 0 Å². The number of hydrogen-bond donors (Lipinski definition) is 1. The molecule has 32 heavy (non-hydrogen) atoms. The molecule has 0 saturated heterocycles. The quantitative estimate of drug-likeness (QED) is 0.561. The molecule has 1 atom stereocenters. The molecule has 3 aromatic rings. The summed E-state index contributed by atoms with van der Waals surface area (Å²) in [6.07, 6.45) is 0. The lowest BCUT2D eigenvalue weighted by atomic mass is 9.95. The molecule has 164 valence electrons. The van der Waals surface area contributed by atoms with Crippen molar-refractivity contribution in [3.05, 3.63) is 87.6 Å². The lowest BCUT2D eigenvalue weighted by Gasteiger charge is -2.31. The average Bonchev–Trinajstić information content (AvgIpc) is 2.94. The number of nitrogens with zero attached hydrogens (tertiary/aromatic N) is 1. The maximum absolute atomic E-state index is 13.8. The van der Waals surface area contributed by atoms with Crippen LogP contribution in [0.25, 0.3) is 0 Å². The largest absolute Gasteiger partial charge is 0.493 e. The van der Waals surface area contributed by atoms with Gasteiger partial charge in [-0.3, -0.25) is 9.59 Å².